The van der Waals surface area contributed by atoms with Crippen LogP contribution < -0.4 is 5.56 Å². The molecule has 0 N–H and O–H groups in total. The maximum atomic E-state index is 12.6. The van der Waals surface area contributed by atoms with Gasteiger partial charge >= 0.3 is 0 Å². The fraction of sp³-hybridized carbons (Fsp3) is 0.737. The number of ether oxygens (including phenoxy) is 1. The first kappa shape index (κ1) is 18.1. The van der Waals surface area contributed by atoms with Crippen molar-refractivity contribution in [2.45, 2.75) is 52.0 Å². The Morgan fingerprint density at radius 3 is 2.52 bits per heavy atom. The van der Waals surface area contributed by atoms with Gasteiger partial charge in [-0.1, -0.05) is 13.8 Å². The third kappa shape index (κ3) is 4.48. The predicted molar refractivity (Wildman–Crippen MR) is 95.4 cm³/mol. The van der Waals surface area contributed by atoms with E-state index in [0.717, 1.165) is 44.5 Å². The van der Waals surface area contributed by atoms with Crippen LogP contribution in [0.25, 0.3) is 0 Å². The number of amides is 1. The van der Waals surface area contributed by atoms with Gasteiger partial charge in [0.15, 0.2) is 0 Å². The van der Waals surface area contributed by atoms with Crippen LogP contribution in [0.3, 0.4) is 0 Å². The summed E-state index contributed by atoms with van der Waals surface area (Å²) in [6.45, 7) is 7.78. The summed E-state index contributed by atoms with van der Waals surface area (Å²) in [6.07, 6.45) is 5.28. The monoisotopic (exact) mass is 347 g/mol. The number of likely N-dealkylation sites (tertiary alicyclic amines) is 1. The Morgan fingerprint density at radius 1 is 1.24 bits per heavy atom. The van der Waals surface area contributed by atoms with Gasteiger partial charge < -0.3 is 9.64 Å². The van der Waals surface area contributed by atoms with Crippen LogP contribution in [-0.4, -0.2) is 46.7 Å². The van der Waals surface area contributed by atoms with E-state index in [2.05, 4.69) is 4.98 Å². The van der Waals surface area contributed by atoms with Crippen LogP contribution in [-0.2, 0) is 16.1 Å². The summed E-state index contributed by atoms with van der Waals surface area (Å²) in [7, 11) is 0. The average Bonchev–Trinajstić information content (AvgIpc) is 2.64. The summed E-state index contributed by atoms with van der Waals surface area (Å²) in [4.78, 5) is 31.2. The van der Waals surface area contributed by atoms with Crippen LogP contribution in [0.5, 0.6) is 0 Å². The lowest BCUT2D eigenvalue weighted by molar-refractivity contribution is -0.140. The van der Waals surface area contributed by atoms with E-state index in [0.29, 0.717) is 31.6 Å². The van der Waals surface area contributed by atoms with E-state index in [1.165, 1.54) is 0 Å². The van der Waals surface area contributed by atoms with E-state index >= 15 is 0 Å². The number of carbonyl (C=O) groups excluding carboxylic acids is 1. The molecule has 2 aliphatic rings. The second-order valence-corrected chi connectivity index (χ2v) is 7.61. The van der Waals surface area contributed by atoms with Gasteiger partial charge in [0.1, 0.15) is 0 Å². The molecule has 0 unspecified atom stereocenters. The summed E-state index contributed by atoms with van der Waals surface area (Å²) < 4.78 is 7.06. The van der Waals surface area contributed by atoms with Gasteiger partial charge in [-0.2, -0.15) is 0 Å². The van der Waals surface area contributed by atoms with Crippen LogP contribution in [0, 0.1) is 11.8 Å². The minimum Gasteiger partial charge on any atom is -0.381 e. The van der Waals surface area contributed by atoms with Crippen molar-refractivity contribution in [3.8, 4) is 0 Å². The third-order valence-electron chi connectivity index (χ3n) is 5.44. The highest BCUT2D eigenvalue weighted by Crippen LogP contribution is 2.23. The number of rotatable bonds is 4. The average molecular weight is 347 g/mol. The zero-order valence-electron chi connectivity index (χ0n) is 15.3. The molecule has 0 aliphatic carbocycles. The second kappa shape index (κ2) is 8.13. The molecule has 0 aromatic carbocycles. The van der Waals surface area contributed by atoms with Gasteiger partial charge in [0.25, 0.3) is 5.56 Å². The van der Waals surface area contributed by atoms with Crippen molar-refractivity contribution >= 4 is 5.91 Å². The first-order valence-corrected chi connectivity index (χ1v) is 9.47. The van der Waals surface area contributed by atoms with Gasteiger partial charge in [0, 0.05) is 44.8 Å². The second-order valence-electron chi connectivity index (χ2n) is 7.61. The largest absolute Gasteiger partial charge is 0.381 e. The van der Waals surface area contributed by atoms with Crippen molar-refractivity contribution in [3.05, 3.63) is 28.4 Å². The van der Waals surface area contributed by atoms with E-state index in [1.54, 1.807) is 17.0 Å². The topological polar surface area (TPSA) is 64.4 Å². The summed E-state index contributed by atoms with van der Waals surface area (Å²) in [5.41, 5.74) is 0.873. The molecule has 6 nitrogen and oxygen atoms in total. The molecule has 2 saturated heterocycles. The Kier molecular flexibility index (Phi) is 5.89. The predicted octanol–water partition coefficient (Wildman–Crippen LogP) is 2.03. The minimum absolute atomic E-state index is 0.0272. The lowest BCUT2D eigenvalue weighted by atomic mass is 9.93. The van der Waals surface area contributed by atoms with Crippen molar-refractivity contribution in [2.75, 3.05) is 26.3 Å². The summed E-state index contributed by atoms with van der Waals surface area (Å²) in [5, 5.41) is 0. The number of piperidine rings is 1. The van der Waals surface area contributed by atoms with Crippen LogP contribution in [0.1, 0.15) is 51.1 Å². The molecule has 1 aromatic heterocycles. The van der Waals surface area contributed by atoms with Crippen molar-refractivity contribution in [1.82, 2.24) is 14.5 Å². The number of carbonyl (C=O) groups is 1. The zero-order valence-corrected chi connectivity index (χ0v) is 15.3. The van der Waals surface area contributed by atoms with Crippen molar-refractivity contribution in [2.24, 2.45) is 11.8 Å². The Morgan fingerprint density at radius 2 is 1.92 bits per heavy atom. The number of hydrogen-bond acceptors (Lipinski definition) is 4. The van der Waals surface area contributed by atoms with Gasteiger partial charge in [0.05, 0.1) is 12.0 Å². The number of aromatic nitrogens is 2. The van der Waals surface area contributed by atoms with E-state index in [4.69, 9.17) is 4.74 Å². The Labute approximate surface area is 149 Å². The maximum Gasteiger partial charge on any atom is 0.253 e. The van der Waals surface area contributed by atoms with Gasteiger partial charge in [-0.3, -0.25) is 14.2 Å². The summed E-state index contributed by atoms with van der Waals surface area (Å²) in [5.74, 6) is 1.13. The molecule has 0 spiro atoms. The minimum atomic E-state index is 0.0272. The smallest absolute Gasteiger partial charge is 0.253 e. The fourth-order valence-electron chi connectivity index (χ4n) is 3.71. The highest BCUT2D eigenvalue weighted by atomic mass is 16.5. The Bertz CT molecular complexity index is 642. The lowest BCUT2D eigenvalue weighted by Gasteiger charge is -2.35. The van der Waals surface area contributed by atoms with Gasteiger partial charge in [-0.15, -0.1) is 0 Å². The molecule has 0 saturated carbocycles. The molecule has 3 heterocycles. The molecule has 0 radical (unpaired) electrons. The lowest BCUT2D eigenvalue weighted by Crippen LogP contribution is -2.44. The molecule has 2 aliphatic heterocycles. The highest BCUT2D eigenvalue weighted by Gasteiger charge is 2.29. The van der Waals surface area contributed by atoms with Crippen LogP contribution in [0.4, 0.5) is 0 Å². The standard InChI is InChI=1S/C19H29N3O3/c1-14(2)17-11-18(23)22(13-20-17)12-15-3-7-21(8-4-15)19(24)16-5-9-25-10-6-16/h11,13-16H,3-10,12H2,1-2H3. The van der Waals surface area contributed by atoms with Crippen LogP contribution in [0.2, 0.25) is 0 Å². The van der Waals surface area contributed by atoms with Crippen LogP contribution >= 0.6 is 0 Å². The van der Waals surface area contributed by atoms with Crippen molar-refractivity contribution in [3.63, 3.8) is 0 Å². The molecule has 138 valence electrons. The number of hydrogen-bond donors (Lipinski definition) is 0. The van der Waals surface area contributed by atoms with Crippen LogP contribution in [0.15, 0.2) is 17.2 Å². The fourth-order valence-corrected chi connectivity index (χ4v) is 3.71. The molecule has 1 aromatic rings. The third-order valence-corrected chi connectivity index (χ3v) is 5.44. The van der Waals surface area contributed by atoms with Crippen molar-refractivity contribution < 1.29 is 9.53 Å². The molecule has 1 amide bonds. The van der Waals surface area contributed by atoms with Gasteiger partial charge in [-0.05, 0) is 37.5 Å². The Hall–Kier alpha value is -1.69. The van der Waals surface area contributed by atoms with E-state index in [1.807, 2.05) is 18.7 Å². The molecule has 0 atom stereocenters. The van der Waals surface area contributed by atoms with E-state index in [9.17, 15) is 9.59 Å². The van der Waals surface area contributed by atoms with E-state index < -0.39 is 0 Å². The van der Waals surface area contributed by atoms with Gasteiger partial charge in [-0.25, -0.2) is 4.98 Å². The molecule has 6 heteroatoms. The SMILES string of the molecule is CC(C)c1cc(=O)n(CC2CCN(C(=O)C3CCOCC3)CC2)cn1. The van der Waals surface area contributed by atoms with Gasteiger partial charge in [0.2, 0.25) is 5.91 Å². The molecule has 25 heavy (non-hydrogen) atoms. The molecule has 3 rings (SSSR count). The molecule has 0 bridgehead atoms. The first-order chi connectivity index (χ1) is 12.0. The summed E-state index contributed by atoms with van der Waals surface area (Å²) >= 11 is 0. The normalized spacial score (nSPS) is 20.2. The zero-order chi connectivity index (χ0) is 17.8. The maximum absolute atomic E-state index is 12.6. The molecular weight excluding hydrogens is 318 g/mol. The quantitative estimate of drug-likeness (QED) is 0.836. The highest BCUT2D eigenvalue weighted by molar-refractivity contribution is 5.79. The molecular formula is C19H29N3O3. The molecule has 2 fully saturated rings. The van der Waals surface area contributed by atoms with Crippen molar-refractivity contribution in [1.29, 1.82) is 0 Å². The Balaban J connectivity index is 1.52. The first-order valence-electron chi connectivity index (χ1n) is 9.47. The number of nitrogens with zero attached hydrogens (tertiary/aromatic N) is 3. The van der Waals surface area contributed by atoms with E-state index in [-0.39, 0.29) is 17.4 Å². The summed E-state index contributed by atoms with van der Waals surface area (Å²) in [6, 6.07) is 1.65.